The summed E-state index contributed by atoms with van der Waals surface area (Å²) in [6, 6.07) is 19.9. The first-order valence-electron chi connectivity index (χ1n) is 22.0. The molecule has 9 rings (SSSR count). The molecule has 6 heterocycles. The minimum absolute atomic E-state index is 0.000924. The number of nitriles is 1. The summed E-state index contributed by atoms with van der Waals surface area (Å²) < 4.78 is 15.7. The summed E-state index contributed by atoms with van der Waals surface area (Å²) in [6.07, 6.45) is 4.98. The number of halogens is 1. The van der Waals surface area contributed by atoms with E-state index in [0.29, 0.717) is 60.0 Å². The van der Waals surface area contributed by atoms with Gasteiger partial charge in [0, 0.05) is 112 Å². The number of rotatable bonds is 8. The molecule has 5 aliphatic rings. The van der Waals surface area contributed by atoms with Gasteiger partial charge in [-0.3, -0.25) is 29.6 Å². The maximum absolute atomic E-state index is 15.7. The van der Waals surface area contributed by atoms with E-state index in [1.807, 2.05) is 41.3 Å². The number of anilines is 4. The van der Waals surface area contributed by atoms with E-state index in [1.54, 1.807) is 23.2 Å². The smallest absolute Gasteiger partial charge is 0.322 e. The molecule has 0 saturated carbocycles. The van der Waals surface area contributed by atoms with Crippen LogP contribution >= 0.6 is 0 Å². The zero-order valence-corrected chi connectivity index (χ0v) is 35.4. The molecule has 1 aromatic heterocycles. The molecule has 2 N–H and O–H groups in total. The van der Waals surface area contributed by atoms with Crippen LogP contribution in [0.3, 0.4) is 0 Å². The Bertz CT molecular complexity index is 2440. The van der Waals surface area contributed by atoms with Gasteiger partial charge in [0.2, 0.25) is 11.8 Å². The Morgan fingerprint density at radius 1 is 0.919 bits per heavy atom. The standard InChI is InChI=1S/C47H53FN10O4/c1-3-35-29-56(40-10-6-32(25-49)44-38(40)5-4-16-50-44)30(2)26-57(35)47(62)51-34-7-11-41(39(48)24-34)55-17-14-31(15-18-55)27-53-19-21-54(22-20-53)36-8-9-37-33(23-36)28-58(46(37)61)42-12-13-43(59)52-45(42)60/h4-11,16,23-24,30-31,35,42H,3,12-15,17-22,26-29H2,1-2H3,(H,51,62)(H,52,59,60)/t30-,35+,42-/m0/s1. The molecule has 62 heavy (non-hydrogen) atoms. The predicted octanol–water partition coefficient (Wildman–Crippen LogP) is 5.57. The molecule has 4 fully saturated rings. The third-order valence-corrected chi connectivity index (χ3v) is 13.7. The predicted molar refractivity (Wildman–Crippen MR) is 236 cm³/mol. The van der Waals surface area contributed by atoms with Crippen LogP contribution in [0.5, 0.6) is 0 Å². The number of benzene rings is 3. The van der Waals surface area contributed by atoms with Crippen molar-refractivity contribution in [3.63, 3.8) is 0 Å². The molecular formula is C47H53FN10O4. The topological polar surface area (TPSA) is 148 Å². The second-order valence-electron chi connectivity index (χ2n) is 17.4. The number of urea groups is 1. The van der Waals surface area contributed by atoms with E-state index in [0.717, 1.165) is 87.4 Å². The number of aromatic nitrogens is 1. The van der Waals surface area contributed by atoms with Crippen LogP contribution in [0.25, 0.3) is 10.9 Å². The number of imide groups is 1. The molecular weight excluding hydrogens is 788 g/mol. The average Bonchev–Trinajstić information content (AvgIpc) is 3.61. The Labute approximate surface area is 361 Å². The van der Waals surface area contributed by atoms with E-state index in [4.69, 9.17) is 0 Å². The van der Waals surface area contributed by atoms with Gasteiger partial charge in [-0.2, -0.15) is 5.26 Å². The van der Waals surface area contributed by atoms with Crippen LogP contribution < -0.4 is 25.3 Å². The lowest BCUT2D eigenvalue weighted by atomic mass is 9.95. The number of amides is 5. The van der Waals surface area contributed by atoms with Gasteiger partial charge in [0.25, 0.3) is 5.91 Å². The Hall–Kier alpha value is -6.27. The molecule has 4 aromatic rings. The molecule has 15 heteroatoms. The minimum atomic E-state index is -0.619. The Balaban J connectivity index is 0.743. The van der Waals surface area contributed by atoms with Crippen molar-refractivity contribution >= 4 is 57.4 Å². The molecule has 0 radical (unpaired) electrons. The molecule has 322 valence electrons. The maximum atomic E-state index is 15.7. The number of piperidine rings is 2. The van der Waals surface area contributed by atoms with Crippen molar-refractivity contribution in [2.45, 2.75) is 70.6 Å². The van der Waals surface area contributed by atoms with Crippen molar-refractivity contribution in [2.24, 2.45) is 5.92 Å². The van der Waals surface area contributed by atoms with Crippen molar-refractivity contribution in [3.8, 4) is 6.07 Å². The summed E-state index contributed by atoms with van der Waals surface area (Å²) in [5.74, 6) is -0.669. The largest absolute Gasteiger partial charge is 0.369 e. The first-order valence-corrected chi connectivity index (χ1v) is 22.0. The van der Waals surface area contributed by atoms with Gasteiger partial charge in [0.1, 0.15) is 17.9 Å². The lowest BCUT2D eigenvalue weighted by Crippen LogP contribution is -2.60. The van der Waals surface area contributed by atoms with Crippen molar-refractivity contribution in [3.05, 3.63) is 89.4 Å². The van der Waals surface area contributed by atoms with Gasteiger partial charge >= 0.3 is 6.03 Å². The van der Waals surface area contributed by atoms with Crippen molar-refractivity contribution in [2.75, 3.05) is 78.9 Å². The zero-order valence-electron chi connectivity index (χ0n) is 35.4. The first kappa shape index (κ1) is 41.1. The van der Waals surface area contributed by atoms with Gasteiger partial charge in [0.05, 0.1) is 22.8 Å². The van der Waals surface area contributed by atoms with Crippen molar-refractivity contribution < 1.29 is 23.6 Å². The van der Waals surface area contributed by atoms with E-state index in [2.05, 4.69) is 61.2 Å². The number of carbonyl (C=O) groups excluding carboxylic acids is 4. The highest BCUT2D eigenvalue weighted by Gasteiger charge is 2.40. The molecule has 5 aliphatic heterocycles. The molecule has 0 spiro atoms. The summed E-state index contributed by atoms with van der Waals surface area (Å²) in [4.78, 5) is 68.2. The number of pyridine rings is 1. The normalized spacial score (nSPS) is 22.5. The van der Waals surface area contributed by atoms with Crippen LogP contribution in [0.4, 0.5) is 31.9 Å². The number of hydrogen-bond donors (Lipinski definition) is 2. The van der Waals surface area contributed by atoms with E-state index in [9.17, 15) is 24.4 Å². The van der Waals surface area contributed by atoms with E-state index < -0.39 is 11.9 Å². The molecule has 3 aromatic carbocycles. The summed E-state index contributed by atoms with van der Waals surface area (Å²) in [5, 5.41) is 15.9. The number of fused-ring (bicyclic) bond motifs is 2. The van der Waals surface area contributed by atoms with Crippen LogP contribution in [0.2, 0.25) is 0 Å². The Kier molecular flexibility index (Phi) is 11.4. The van der Waals surface area contributed by atoms with Crippen LogP contribution in [0.1, 0.15) is 67.4 Å². The first-order chi connectivity index (χ1) is 30.1. The fraction of sp³-hybridized carbons (Fsp3) is 0.447. The molecule has 3 atom stereocenters. The number of hydrogen-bond acceptors (Lipinski definition) is 10. The Morgan fingerprint density at radius 2 is 1.71 bits per heavy atom. The van der Waals surface area contributed by atoms with E-state index in [-0.39, 0.29) is 42.2 Å². The third kappa shape index (κ3) is 7.99. The molecule has 0 unspecified atom stereocenters. The quantitative estimate of drug-likeness (QED) is 0.216. The highest BCUT2D eigenvalue weighted by Crippen LogP contribution is 2.35. The van der Waals surface area contributed by atoms with Gasteiger partial charge < -0.3 is 29.8 Å². The van der Waals surface area contributed by atoms with Gasteiger partial charge in [-0.25, -0.2) is 9.18 Å². The average molecular weight is 841 g/mol. The number of nitrogens with zero attached hydrogens (tertiary/aromatic N) is 8. The van der Waals surface area contributed by atoms with Gasteiger partial charge in [0.15, 0.2) is 0 Å². The second kappa shape index (κ2) is 17.2. The lowest BCUT2D eigenvalue weighted by Gasteiger charge is -2.46. The molecule has 14 nitrogen and oxygen atoms in total. The third-order valence-electron chi connectivity index (χ3n) is 13.7. The van der Waals surface area contributed by atoms with Crippen LogP contribution in [0.15, 0.2) is 66.9 Å². The molecule has 0 aliphatic carbocycles. The van der Waals surface area contributed by atoms with Crippen LogP contribution in [-0.4, -0.2) is 120 Å². The van der Waals surface area contributed by atoms with Gasteiger partial charge in [-0.05, 0) is 105 Å². The summed E-state index contributed by atoms with van der Waals surface area (Å²) in [6.45, 7) is 11.8. The number of piperazine rings is 2. The summed E-state index contributed by atoms with van der Waals surface area (Å²) in [7, 11) is 0. The SMILES string of the molecule is CC[C@@H]1CN(c2ccc(C#N)c3ncccc23)[C@@H](C)CN1C(=O)Nc1ccc(N2CCC(CN3CCN(c4ccc5c(c4)CN([C@H]4CCC(=O)NC4=O)C5=O)CC3)CC2)c(F)c1. The minimum Gasteiger partial charge on any atom is -0.369 e. The fourth-order valence-electron chi connectivity index (χ4n) is 10.2. The highest BCUT2D eigenvalue weighted by atomic mass is 19.1. The number of carbonyl (C=O) groups is 4. The summed E-state index contributed by atoms with van der Waals surface area (Å²) in [5.41, 5.74) is 5.82. The Morgan fingerprint density at radius 3 is 2.45 bits per heavy atom. The lowest BCUT2D eigenvalue weighted by molar-refractivity contribution is -0.136. The van der Waals surface area contributed by atoms with Crippen molar-refractivity contribution in [1.29, 1.82) is 5.26 Å². The molecule has 4 saturated heterocycles. The van der Waals surface area contributed by atoms with E-state index >= 15 is 4.39 Å². The van der Waals surface area contributed by atoms with Crippen LogP contribution in [-0.2, 0) is 16.1 Å². The maximum Gasteiger partial charge on any atom is 0.322 e. The zero-order chi connectivity index (χ0) is 43.1. The fourth-order valence-corrected chi connectivity index (χ4v) is 10.2. The van der Waals surface area contributed by atoms with Crippen molar-refractivity contribution in [1.82, 2.24) is 25.0 Å². The second-order valence-corrected chi connectivity index (χ2v) is 17.4. The highest BCUT2D eigenvalue weighted by molar-refractivity contribution is 6.05. The monoisotopic (exact) mass is 840 g/mol. The van der Waals surface area contributed by atoms with E-state index in [1.165, 1.54) is 6.07 Å². The number of nitrogens with one attached hydrogen (secondary N) is 2. The van der Waals surface area contributed by atoms with Gasteiger partial charge in [-0.1, -0.05) is 6.92 Å². The van der Waals surface area contributed by atoms with Crippen LogP contribution in [0, 0.1) is 23.1 Å². The molecule has 0 bridgehead atoms. The molecule has 5 amide bonds. The van der Waals surface area contributed by atoms with Gasteiger partial charge in [-0.15, -0.1) is 0 Å². The summed E-state index contributed by atoms with van der Waals surface area (Å²) >= 11 is 0.